The van der Waals surface area contributed by atoms with Gasteiger partial charge in [-0.2, -0.15) is 0 Å². The van der Waals surface area contributed by atoms with Gasteiger partial charge in [0.05, 0.1) is 6.20 Å². The van der Waals surface area contributed by atoms with Crippen LogP contribution in [0.2, 0.25) is 0 Å². The van der Waals surface area contributed by atoms with E-state index in [9.17, 15) is 18.0 Å². The zero-order valence-electron chi connectivity index (χ0n) is 17.7. The zero-order valence-corrected chi connectivity index (χ0v) is 18.5. The lowest BCUT2D eigenvalue weighted by Gasteiger charge is -2.16. The number of nitrogens with zero attached hydrogens (tertiary/aromatic N) is 6. The first-order chi connectivity index (χ1) is 16.3. The average molecular weight is 496 g/mol. The molecule has 180 valence electrons. The van der Waals surface area contributed by atoms with Gasteiger partial charge >= 0.3 is 6.36 Å². The summed E-state index contributed by atoms with van der Waals surface area (Å²) in [6.45, 7) is 1.44. The Balaban J connectivity index is 1.35. The van der Waals surface area contributed by atoms with E-state index in [0.29, 0.717) is 17.5 Å². The molecule has 0 radical (unpaired) electrons. The number of nitrogens with one attached hydrogen (secondary N) is 2. The maximum absolute atomic E-state index is 12.7. The molecule has 0 saturated carbocycles. The van der Waals surface area contributed by atoms with Crippen LogP contribution in [0.3, 0.4) is 0 Å². The molecule has 1 saturated heterocycles. The van der Waals surface area contributed by atoms with Crippen molar-refractivity contribution >= 4 is 33.3 Å². The highest BCUT2D eigenvalue weighted by molar-refractivity contribution is 7.19. The van der Waals surface area contributed by atoms with Gasteiger partial charge in [0.2, 0.25) is 10.3 Å². The predicted molar refractivity (Wildman–Crippen MR) is 115 cm³/mol. The van der Waals surface area contributed by atoms with Crippen molar-refractivity contribution in [3.63, 3.8) is 0 Å². The molecule has 0 spiro atoms. The Morgan fingerprint density at radius 2 is 2.09 bits per heavy atom. The summed E-state index contributed by atoms with van der Waals surface area (Å²) in [6.07, 6.45) is -2.18. The highest BCUT2D eigenvalue weighted by atomic mass is 32.1. The topological polar surface area (TPSA) is 127 Å². The molecule has 3 heterocycles. The normalized spacial score (nSPS) is 16.8. The fourth-order valence-corrected chi connectivity index (χ4v) is 4.14. The maximum atomic E-state index is 12.7. The minimum atomic E-state index is -4.85. The number of amides is 1. The molecule has 2 aromatic heterocycles. The summed E-state index contributed by atoms with van der Waals surface area (Å²) in [5.41, 5.74) is 0.189. The minimum Gasteiger partial charge on any atom is -0.406 e. The largest absolute Gasteiger partial charge is 0.573 e. The van der Waals surface area contributed by atoms with Crippen molar-refractivity contribution in [1.82, 2.24) is 25.4 Å². The quantitative estimate of drug-likeness (QED) is 0.480. The van der Waals surface area contributed by atoms with E-state index in [-0.39, 0.29) is 16.7 Å². The molecule has 0 unspecified atom stereocenters. The van der Waals surface area contributed by atoms with Crippen molar-refractivity contribution in [1.29, 1.82) is 0 Å². The second-order valence-corrected chi connectivity index (χ2v) is 8.16. The molecule has 1 aromatic carbocycles. The molecule has 2 N–H and O–H groups in total. The van der Waals surface area contributed by atoms with E-state index in [0.717, 1.165) is 36.4 Å². The molecule has 1 amide bonds. The Bertz CT molecular complexity index is 1120. The molecule has 1 fully saturated rings. The lowest BCUT2D eigenvalue weighted by atomic mass is 10.1. The predicted octanol–water partition coefficient (Wildman–Crippen LogP) is 2.64. The summed E-state index contributed by atoms with van der Waals surface area (Å²) in [7, 11) is 1.27. The fourth-order valence-electron chi connectivity index (χ4n) is 3.42. The Labute approximate surface area is 195 Å². The number of halogens is 3. The molecule has 15 heteroatoms. The molecule has 34 heavy (non-hydrogen) atoms. The van der Waals surface area contributed by atoms with E-state index in [1.165, 1.54) is 25.6 Å². The number of alkyl halides is 3. The van der Waals surface area contributed by atoms with Gasteiger partial charge in [-0.1, -0.05) is 23.5 Å². The number of benzene rings is 1. The summed E-state index contributed by atoms with van der Waals surface area (Å²) in [6, 6.07) is 5.11. The van der Waals surface area contributed by atoms with Crippen molar-refractivity contribution in [3.05, 3.63) is 42.4 Å². The Morgan fingerprint density at radius 1 is 1.26 bits per heavy atom. The van der Waals surface area contributed by atoms with Crippen molar-refractivity contribution < 1.29 is 27.4 Å². The highest BCUT2D eigenvalue weighted by Crippen LogP contribution is 2.29. The molecule has 11 nitrogen and oxygen atoms in total. The molecular weight excluding hydrogens is 477 g/mol. The van der Waals surface area contributed by atoms with Crippen molar-refractivity contribution in [2.24, 2.45) is 0 Å². The van der Waals surface area contributed by atoms with E-state index in [1.54, 1.807) is 6.20 Å². The smallest absolute Gasteiger partial charge is 0.406 e. The van der Waals surface area contributed by atoms with Crippen LogP contribution in [-0.4, -0.2) is 63.9 Å². The van der Waals surface area contributed by atoms with Gasteiger partial charge < -0.3 is 19.7 Å². The van der Waals surface area contributed by atoms with Gasteiger partial charge in [0.1, 0.15) is 12.1 Å². The van der Waals surface area contributed by atoms with E-state index < -0.39 is 24.1 Å². The van der Waals surface area contributed by atoms with Crippen molar-refractivity contribution in [2.75, 3.05) is 35.7 Å². The van der Waals surface area contributed by atoms with Gasteiger partial charge in [0.15, 0.2) is 11.9 Å². The monoisotopic (exact) mass is 496 g/mol. The van der Waals surface area contributed by atoms with E-state index in [1.807, 2.05) is 4.90 Å². The van der Waals surface area contributed by atoms with Gasteiger partial charge in [-0.3, -0.25) is 10.1 Å². The van der Waals surface area contributed by atoms with Crippen LogP contribution < -0.4 is 20.3 Å². The van der Waals surface area contributed by atoms with Crippen LogP contribution in [0.5, 0.6) is 5.75 Å². The molecule has 2 atom stereocenters. The molecule has 4 rings (SSSR count). The zero-order chi connectivity index (χ0) is 24.1. The number of aromatic nitrogens is 5. The number of carbonyl (C=O) groups is 1. The third-order valence-electron chi connectivity index (χ3n) is 4.83. The third-order valence-corrected chi connectivity index (χ3v) is 5.60. The van der Waals surface area contributed by atoms with Gasteiger partial charge in [-0.15, -0.1) is 33.6 Å². The molecule has 1 aliphatic rings. The first-order valence-electron chi connectivity index (χ1n) is 9.98. The van der Waals surface area contributed by atoms with Crippen LogP contribution in [0.25, 0.3) is 0 Å². The highest BCUT2D eigenvalue weighted by Gasteiger charge is 2.32. The number of hydrogen-bond donors (Lipinski definition) is 2. The van der Waals surface area contributed by atoms with Gasteiger partial charge in [-0.05, 0) is 24.1 Å². The molecule has 0 bridgehead atoms. The molecular formula is C19H19F3N8O3S. The summed E-state index contributed by atoms with van der Waals surface area (Å²) < 4.78 is 46.6. The van der Waals surface area contributed by atoms with Crippen LogP contribution in [0.1, 0.15) is 18.1 Å². The standard InChI is InChI=1S/C19H19F3N8O3S/c1-32-15(11-3-2-4-13(7-11)33-19(20,21)22)16(31)26-18-29-28-17(34-18)25-12-5-6-30(9-12)14-8-23-10-24-27-14/h2-4,7-8,10,12,15H,5-6,9H2,1H3,(H,25,28)(H,26,29,31)/t12-,15-/m0/s1. The maximum Gasteiger partial charge on any atom is 0.573 e. The van der Waals surface area contributed by atoms with Crippen molar-refractivity contribution in [3.8, 4) is 5.75 Å². The van der Waals surface area contributed by atoms with Crippen LogP contribution in [-0.2, 0) is 9.53 Å². The first-order valence-corrected chi connectivity index (χ1v) is 10.8. The number of rotatable bonds is 8. The summed E-state index contributed by atoms with van der Waals surface area (Å²) in [5, 5.41) is 22.4. The summed E-state index contributed by atoms with van der Waals surface area (Å²) in [5.74, 6) is -0.381. The Hall–Kier alpha value is -3.59. The molecule has 3 aromatic rings. The van der Waals surface area contributed by atoms with E-state index in [2.05, 4.69) is 40.7 Å². The fraction of sp³-hybridized carbons (Fsp3) is 0.368. The second-order valence-electron chi connectivity index (χ2n) is 7.18. The third kappa shape index (κ3) is 6.05. The Kier molecular flexibility index (Phi) is 7.02. The minimum absolute atomic E-state index is 0.0848. The molecule has 0 aliphatic carbocycles. The van der Waals surface area contributed by atoms with Crippen LogP contribution >= 0.6 is 11.3 Å². The van der Waals surface area contributed by atoms with Crippen LogP contribution in [0.15, 0.2) is 36.8 Å². The summed E-state index contributed by atoms with van der Waals surface area (Å²) in [4.78, 5) is 18.7. The number of hydrogen-bond acceptors (Lipinski definition) is 11. The van der Waals surface area contributed by atoms with Gasteiger partial charge in [0.25, 0.3) is 5.91 Å². The van der Waals surface area contributed by atoms with Crippen LogP contribution in [0, 0.1) is 0 Å². The van der Waals surface area contributed by atoms with Crippen LogP contribution in [0.4, 0.5) is 29.3 Å². The first kappa shape index (κ1) is 23.6. The lowest BCUT2D eigenvalue weighted by Crippen LogP contribution is -2.26. The number of ether oxygens (including phenoxy) is 2. The second kappa shape index (κ2) is 10.1. The SMILES string of the molecule is CO[C@H](C(=O)Nc1nnc(N[C@H]2CCN(c3cncnn3)C2)s1)c1cccc(OC(F)(F)F)c1. The number of methoxy groups -OCH3 is 1. The van der Waals surface area contributed by atoms with Crippen molar-refractivity contribution in [2.45, 2.75) is 24.9 Å². The lowest BCUT2D eigenvalue weighted by molar-refractivity contribution is -0.274. The van der Waals surface area contributed by atoms with Gasteiger partial charge in [-0.25, -0.2) is 4.98 Å². The van der Waals surface area contributed by atoms with E-state index in [4.69, 9.17) is 4.74 Å². The van der Waals surface area contributed by atoms with E-state index >= 15 is 0 Å². The number of carbonyl (C=O) groups excluding carboxylic acids is 1. The van der Waals surface area contributed by atoms with Gasteiger partial charge in [0, 0.05) is 26.2 Å². The summed E-state index contributed by atoms with van der Waals surface area (Å²) >= 11 is 1.13. The Morgan fingerprint density at radius 3 is 2.82 bits per heavy atom. The number of anilines is 3. The molecule has 1 aliphatic heterocycles. The average Bonchev–Trinajstić information content (AvgIpc) is 3.44.